The minimum atomic E-state index is -0.431. The molecule has 0 spiro atoms. The van der Waals surface area contributed by atoms with Gasteiger partial charge in [0, 0.05) is 22.0 Å². The van der Waals surface area contributed by atoms with Gasteiger partial charge in [-0.3, -0.25) is 14.5 Å². The highest BCUT2D eigenvalue weighted by Gasteiger charge is 2.34. The Kier molecular flexibility index (Phi) is 6.86. The van der Waals surface area contributed by atoms with E-state index in [0.717, 1.165) is 70.0 Å². The van der Waals surface area contributed by atoms with Crippen LogP contribution in [0.15, 0.2) is 72.4 Å². The average Bonchev–Trinajstić information content (AvgIpc) is 3.56. The number of urea groups is 1. The number of aryl methyl sites for hydroxylation is 2. The Morgan fingerprint density at radius 1 is 1.00 bits per heavy atom. The van der Waals surface area contributed by atoms with Crippen LogP contribution in [0.1, 0.15) is 56.2 Å². The number of anilines is 1. The van der Waals surface area contributed by atoms with Crippen molar-refractivity contribution in [1.82, 2.24) is 14.8 Å². The van der Waals surface area contributed by atoms with Crippen LogP contribution in [-0.4, -0.2) is 27.3 Å². The molecule has 2 N–H and O–H groups in total. The van der Waals surface area contributed by atoms with E-state index in [9.17, 15) is 14.4 Å². The number of hydrogen-bond donors (Lipinski definition) is 2. The number of amides is 4. The summed E-state index contributed by atoms with van der Waals surface area (Å²) < 4.78 is 2.11. The first-order valence-corrected chi connectivity index (χ1v) is 14.3. The van der Waals surface area contributed by atoms with E-state index in [1.54, 1.807) is 17.4 Å². The van der Waals surface area contributed by atoms with Crippen molar-refractivity contribution in [2.24, 2.45) is 0 Å². The predicted octanol–water partition coefficient (Wildman–Crippen LogP) is 6.38. The molecule has 4 amide bonds. The standard InChI is InChI=1S/C32H30N4O3S/c1-20-17-23(18-26-30(38)35(32(39)34-26)19-22-11-5-3-6-12-22)21(2)36(20)31-28(25-15-9-10-16-27(25)40-31)29(37)33-24-13-7-4-8-14-24/h3-8,11-14,17-18H,9-10,15-16,19H2,1-2H3,(H,33,37)(H,34,39)/b26-18+. The fourth-order valence-corrected chi connectivity index (χ4v) is 7.04. The van der Waals surface area contributed by atoms with Crippen LogP contribution in [0.25, 0.3) is 11.1 Å². The van der Waals surface area contributed by atoms with Gasteiger partial charge in [-0.05, 0) is 80.5 Å². The Bertz CT molecular complexity index is 1650. The number of benzene rings is 2. The number of carbonyl (C=O) groups excluding carboxylic acids is 3. The molecule has 2 aromatic carbocycles. The molecule has 1 aliphatic heterocycles. The van der Waals surface area contributed by atoms with Crippen LogP contribution in [0.2, 0.25) is 0 Å². The summed E-state index contributed by atoms with van der Waals surface area (Å²) in [5.41, 5.74) is 6.43. The molecule has 2 aromatic heterocycles. The second-order valence-electron chi connectivity index (χ2n) is 10.2. The van der Waals surface area contributed by atoms with Crippen molar-refractivity contribution < 1.29 is 14.4 Å². The van der Waals surface area contributed by atoms with Gasteiger partial charge in [-0.15, -0.1) is 11.3 Å². The number of rotatable bonds is 6. The van der Waals surface area contributed by atoms with E-state index in [0.29, 0.717) is 0 Å². The zero-order valence-corrected chi connectivity index (χ0v) is 23.3. The third-order valence-corrected chi connectivity index (χ3v) is 8.81. The summed E-state index contributed by atoms with van der Waals surface area (Å²) in [5.74, 6) is -0.462. The molecule has 0 radical (unpaired) electrons. The van der Waals surface area contributed by atoms with Crippen molar-refractivity contribution in [3.63, 3.8) is 0 Å². The number of carbonyl (C=O) groups is 3. The second kappa shape index (κ2) is 10.6. The molecule has 6 rings (SSSR count). The molecule has 8 heteroatoms. The van der Waals surface area contributed by atoms with Crippen LogP contribution in [0, 0.1) is 13.8 Å². The van der Waals surface area contributed by atoms with Gasteiger partial charge in [0.15, 0.2) is 0 Å². The second-order valence-corrected chi connectivity index (χ2v) is 11.3. The van der Waals surface area contributed by atoms with Crippen molar-refractivity contribution in [2.75, 3.05) is 5.32 Å². The van der Waals surface area contributed by atoms with E-state index >= 15 is 0 Å². The van der Waals surface area contributed by atoms with Crippen LogP contribution >= 0.6 is 11.3 Å². The Morgan fingerprint density at radius 3 is 2.45 bits per heavy atom. The molecule has 0 saturated carbocycles. The van der Waals surface area contributed by atoms with Gasteiger partial charge in [-0.25, -0.2) is 4.79 Å². The maximum atomic E-state index is 13.7. The molecule has 1 aliphatic carbocycles. The number of nitrogens with zero attached hydrogens (tertiary/aromatic N) is 2. The zero-order valence-electron chi connectivity index (χ0n) is 22.5. The molecule has 1 saturated heterocycles. The first kappa shape index (κ1) is 25.8. The normalized spacial score (nSPS) is 15.8. The van der Waals surface area contributed by atoms with Crippen LogP contribution in [-0.2, 0) is 24.2 Å². The highest BCUT2D eigenvalue weighted by molar-refractivity contribution is 7.15. The lowest BCUT2D eigenvalue weighted by Crippen LogP contribution is -2.30. The third-order valence-electron chi connectivity index (χ3n) is 7.53. The lowest BCUT2D eigenvalue weighted by Gasteiger charge is -2.14. The van der Waals surface area contributed by atoms with Gasteiger partial charge < -0.3 is 15.2 Å². The maximum Gasteiger partial charge on any atom is 0.329 e. The Morgan fingerprint density at radius 2 is 1.70 bits per heavy atom. The third kappa shape index (κ3) is 4.75. The highest BCUT2D eigenvalue weighted by Crippen LogP contribution is 2.39. The van der Waals surface area contributed by atoms with E-state index in [4.69, 9.17) is 0 Å². The largest absolute Gasteiger partial charge is 0.329 e. The highest BCUT2D eigenvalue weighted by atomic mass is 32.1. The minimum Gasteiger partial charge on any atom is -0.322 e. The van der Waals surface area contributed by atoms with Crippen LogP contribution in [0.5, 0.6) is 0 Å². The fraction of sp³-hybridized carbons (Fsp3) is 0.219. The predicted molar refractivity (Wildman–Crippen MR) is 158 cm³/mol. The summed E-state index contributed by atoms with van der Waals surface area (Å²) in [6.07, 6.45) is 5.78. The Hall–Kier alpha value is -4.43. The summed E-state index contributed by atoms with van der Waals surface area (Å²) in [4.78, 5) is 42.0. The molecule has 2 aliphatic rings. The van der Waals surface area contributed by atoms with Gasteiger partial charge in [-0.1, -0.05) is 48.5 Å². The van der Waals surface area contributed by atoms with Crippen molar-refractivity contribution >= 4 is 40.9 Å². The number of aromatic nitrogens is 1. The van der Waals surface area contributed by atoms with Gasteiger partial charge in [0.25, 0.3) is 11.8 Å². The average molecular weight is 551 g/mol. The lowest BCUT2D eigenvalue weighted by atomic mass is 9.95. The summed E-state index contributed by atoms with van der Waals surface area (Å²) in [5, 5.41) is 6.73. The minimum absolute atomic E-state index is 0.109. The molecule has 0 bridgehead atoms. The summed E-state index contributed by atoms with van der Waals surface area (Å²) in [6.45, 7) is 4.20. The number of hydrogen-bond acceptors (Lipinski definition) is 4. The fourth-order valence-electron chi connectivity index (χ4n) is 5.54. The molecule has 4 aromatic rings. The van der Waals surface area contributed by atoms with Gasteiger partial charge in [0.05, 0.1) is 12.1 Å². The van der Waals surface area contributed by atoms with Crippen molar-refractivity contribution in [3.8, 4) is 5.00 Å². The maximum absolute atomic E-state index is 13.7. The lowest BCUT2D eigenvalue weighted by molar-refractivity contribution is -0.123. The quantitative estimate of drug-likeness (QED) is 0.216. The number of nitrogens with one attached hydrogen (secondary N) is 2. The smallest absolute Gasteiger partial charge is 0.322 e. The molecule has 3 heterocycles. The van der Waals surface area contributed by atoms with E-state index in [2.05, 4.69) is 15.2 Å². The van der Waals surface area contributed by atoms with Crippen LogP contribution in [0.3, 0.4) is 0 Å². The summed E-state index contributed by atoms with van der Waals surface area (Å²) >= 11 is 1.68. The molecule has 0 unspecified atom stereocenters. The van der Waals surface area contributed by atoms with Gasteiger partial charge >= 0.3 is 6.03 Å². The van der Waals surface area contributed by atoms with E-state index in [-0.39, 0.29) is 24.1 Å². The number of para-hydroxylation sites is 1. The van der Waals surface area contributed by atoms with E-state index < -0.39 is 6.03 Å². The zero-order chi connectivity index (χ0) is 27.8. The van der Waals surface area contributed by atoms with Crippen molar-refractivity contribution in [2.45, 2.75) is 46.1 Å². The number of imide groups is 1. The van der Waals surface area contributed by atoms with Crippen molar-refractivity contribution in [1.29, 1.82) is 0 Å². The molecule has 0 atom stereocenters. The van der Waals surface area contributed by atoms with Gasteiger partial charge in [-0.2, -0.15) is 0 Å². The van der Waals surface area contributed by atoms with Gasteiger partial charge in [0.1, 0.15) is 10.7 Å². The van der Waals surface area contributed by atoms with Crippen LogP contribution in [0.4, 0.5) is 10.5 Å². The molecular formula is C32H30N4O3S. The summed E-state index contributed by atoms with van der Waals surface area (Å²) in [7, 11) is 0. The van der Waals surface area contributed by atoms with E-state index in [1.807, 2.05) is 80.6 Å². The topological polar surface area (TPSA) is 83.4 Å². The molecule has 40 heavy (non-hydrogen) atoms. The molecule has 202 valence electrons. The summed E-state index contributed by atoms with van der Waals surface area (Å²) in [6, 6.07) is 20.5. The molecular weight excluding hydrogens is 520 g/mol. The van der Waals surface area contributed by atoms with Crippen LogP contribution < -0.4 is 10.6 Å². The number of fused-ring (bicyclic) bond motifs is 1. The SMILES string of the molecule is Cc1cc(/C=C2/NC(=O)N(Cc3ccccc3)C2=O)c(C)n1-c1sc2c(c1C(=O)Nc1ccccc1)CCCC2. The van der Waals surface area contributed by atoms with Crippen molar-refractivity contribution in [3.05, 3.63) is 111 Å². The number of thiophene rings is 1. The Labute approximate surface area is 237 Å². The Balaban J connectivity index is 1.35. The molecule has 7 nitrogen and oxygen atoms in total. The first-order chi connectivity index (χ1) is 19.4. The monoisotopic (exact) mass is 550 g/mol. The van der Waals surface area contributed by atoms with E-state index in [1.165, 1.54) is 9.78 Å². The van der Waals surface area contributed by atoms with Gasteiger partial charge in [0.2, 0.25) is 0 Å². The first-order valence-electron chi connectivity index (χ1n) is 13.5. The molecule has 1 fully saturated rings.